The standard InChI is InChI=1S/C63H76N4O16/c1-74-53-27-19-49(20-28-53)62(47-15-7-5-8-16-47,50-21-29-54(75-2)30-22-50)82-41-13-37-66-59(72)80-45-61(43-78-57(70)64-35-11-39-68,44-79-58(71)65-36-12-40-69)46-81-60(73)67-38-14-42-83-63(48-17-9-6-10-18-48,51-23-31-55(76-3)32-24-51)52-25-33-56(77-4)34-26-52/h5-10,15-34,68-69H,11-14,35-46H2,1-4H3,(H,64,70)(H,65,71)(H,66,72)(H,67,73). The molecule has 0 saturated heterocycles. The van der Waals surface area contributed by atoms with Crippen LogP contribution in [0, 0.1) is 5.41 Å². The Morgan fingerprint density at radius 2 is 0.590 bits per heavy atom. The predicted molar refractivity (Wildman–Crippen MR) is 309 cm³/mol. The third-order valence-electron chi connectivity index (χ3n) is 13.4. The van der Waals surface area contributed by atoms with Crippen molar-refractivity contribution >= 4 is 24.4 Å². The molecule has 6 N–H and O–H groups in total. The quantitative estimate of drug-likeness (QED) is 0.0126. The third-order valence-corrected chi connectivity index (χ3v) is 13.4. The number of aliphatic hydroxyl groups is 2. The lowest BCUT2D eigenvalue weighted by Crippen LogP contribution is -2.47. The van der Waals surface area contributed by atoms with Gasteiger partial charge in [-0.05, 0) is 108 Å². The van der Waals surface area contributed by atoms with E-state index in [9.17, 15) is 29.4 Å². The second kappa shape index (κ2) is 33.4. The number of hydrogen-bond acceptors (Lipinski definition) is 16. The summed E-state index contributed by atoms with van der Waals surface area (Å²) in [5, 5.41) is 29.1. The van der Waals surface area contributed by atoms with Crippen LogP contribution in [0.15, 0.2) is 158 Å². The van der Waals surface area contributed by atoms with Gasteiger partial charge in [0.15, 0.2) is 0 Å². The Hall–Kier alpha value is -8.56. The van der Waals surface area contributed by atoms with Gasteiger partial charge in [-0.1, -0.05) is 109 Å². The zero-order valence-corrected chi connectivity index (χ0v) is 47.4. The first kappa shape index (κ1) is 63.6. The average molecular weight is 1150 g/mol. The molecule has 0 heterocycles. The zero-order valence-electron chi connectivity index (χ0n) is 47.4. The molecule has 6 aromatic carbocycles. The van der Waals surface area contributed by atoms with Crippen molar-refractivity contribution < 1.29 is 76.8 Å². The Labute approximate surface area is 484 Å². The predicted octanol–water partition coefficient (Wildman–Crippen LogP) is 8.47. The number of rotatable bonds is 34. The number of ether oxygens (including phenoxy) is 10. The van der Waals surface area contributed by atoms with E-state index < -0.39 is 67.4 Å². The van der Waals surface area contributed by atoms with Crippen molar-refractivity contribution in [2.75, 3.05) is 107 Å². The Morgan fingerprint density at radius 3 is 0.831 bits per heavy atom. The molecule has 6 rings (SSSR count). The number of alkyl carbamates (subject to hydrolysis) is 4. The lowest BCUT2D eigenvalue weighted by Gasteiger charge is -2.36. The van der Waals surface area contributed by atoms with Crippen LogP contribution in [0.3, 0.4) is 0 Å². The molecular weight excluding hydrogens is 1070 g/mol. The van der Waals surface area contributed by atoms with E-state index in [4.69, 9.17) is 47.4 Å². The maximum atomic E-state index is 13.6. The molecule has 4 amide bonds. The Kier molecular flexibility index (Phi) is 25.6. The van der Waals surface area contributed by atoms with Gasteiger partial charge in [0.05, 0.1) is 41.7 Å². The molecule has 0 aromatic heterocycles. The Morgan fingerprint density at radius 1 is 0.349 bits per heavy atom. The van der Waals surface area contributed by atoms with Crippen LogP contribution in [-0.4, -0.2) is 142 Å². The number of methoxy groups -OCH3 is 4. The van der Waals surface area contributed by atoms with Crippen molar-refractivity contribution in [3.05, 3.63) is 191 Å². The van der Waals surface area contributed by atoms with E-state index in [-0.39, 0.29) is 65.4 Å². The molecule has 0 bridgehead atoms. The summed E-state index contributed by atoms with van der Waals surface area (Å²) in [6.07, 6.45) is -2.42. The summed E-state index contributed by atoms with van der Waals surface area (Å²) >= 11 is 0. The third kappa shape index (κ3) is 18.2. The molecule has 0 spiro atoms. The van der Waals surface area contributed by atoms with Crippen LogP contribution in [0.1, 0.15) is 59.1 Å². The van der Waals surface area contributed by atoms with Crippen LogP contribution in [0.5, 0.6) is 23.0 Å². The van der Waals surface area contributed by atoms with Crippen LogP contribution in [0.4, 0.5) is 19.2 Å². The van der Waals surface area contributed by atoms with Gasteiger partial charge < -0.3 is 78.8 Å². The van der Waals surface area contributed by atoms with Gasteiger partial charge in [0.25, 0.3) is 0 Å². The molecule has 0 aliphatic rings. The molecule has 444 valence electrons. The van der Waals surface area contributed by atoms with Crippen LogP contribution in [0.25, 0.3) is 0 Å². The highest BCUT2D eigenvalue weighted by Crippen LogP contribution is 2.43. The fraction of sp³-hybridized carbons (Fsp3) is 0.365. The fourth-order valence-electron chi connectivity index (χ4n) is 8.99. The molecule has 0 aliphatic heterocycles. The van der Waals surface area contributed by atoms with Crippen molar-refractivity contribution in [3.8, 4) is 23.0 Å². The fourth-order valence-corrected chi connectivity index (χ4v) is 8.99. The van der Waals surface area contributed by atoms with E-state index in [0.717, 1.165) is 33.4 Å². The maximum absolute atomic E-state index is 13.6. The first-order valence-electron chi connectivity index (χ1n) is 27.3. The number of nitrogens with one attached hydrogen (secondary N) is 4. The zero-order chi connectivity index (χ0) is 59.2. The first-order valence-corrected chi connectivity index (χ1v) is 27.3. The summed E-state index contributed by atoms with van der Waals surface area (Å²) in [7, 11) is 6.39. The Balaban J connectivity index is 1.15. The van der Waals surface area contributed by atoms with Gasteiger partial charge in [-0.25, -0.2) is 19.2 Å². The summed E-state index contributed by atoms with van der Waals surface area (Å²) in [6.45, 7) is -2.01. The van der Waals surface area contributed by atoms with Crippen molar-refractivity contribution in [2.45, 2.75) is 36.9 Å². The van der Waals surface area contributed by atoms with E-state index >= 15 is 0 Å². The summed E-state index contributed by atoms with van der Waals surface area (Å²) in [5.41, 5.74) is 1.16. The summed E-state index contributed by atoms with van der Waals surface area (Å²) in [5.74, 6) is 2.68. The van der Waals surface area contributed by atoms with Crippen molar-refractivity contribution in [1.82, 2.24) is 21.3 Å². The van der Waals surface area contributed by atoms with Gasteiger partial charge in [-0.2, -0.15) is 0 Å². The first-order chi connectivity index (χ1) is 40.5. The minimum absolute atomic E-state index is 0.0800. The van der Waals surface area contributed by atoms with Gasteiger partial charge in [-0.15, -0.1) is 0 Å². The van der Waals surface area contributed by atoms with Crippen LogP contribution in [-0.2, 0) is 39.6 Å². The molecular formula is C63H76N4O16. The SMILES string of the molecule is COc1ccc(C(OCCCNC(=O)OCC(COC(=O)NCCCO)(COC(=O)NCCCO)COC(=O)NCCCOC(c2ccccc2)(c2ccc(OC)cc2)c2ccc(OC)cc2)(c2ccccc2)c2ccc(OC)cc2)cc1. The van der Waals surface area contributed by atoms with Gasteiger partial charge in [-0.3, -0.25) is 0 Å². The molecule has 20 nitrogen and oxygen atoms in total. The van der Waals surface area contributed by atoms with E-state index in [0.29, 0.717) is 35.8 Å². The number of amides is 4. The largest absolute Gasteiger partial charge is 0.497 e. The highest BCUT2D eigenvalue weighted by atomic mass is 16.6. The summed E-state index contributed by atoms with van der Waals surface area (Å²) in [6, 6.07) is 50.0. The summed E-state index contributed by atoms with van der Waals surface area (Å²) in [4.78, 5) is 53.0. The van der Waals surface area contributed by atoms with Gasteiger partial charge in [0.2, 0.25) is 0 Å². The van der Waals surface area contributed by atoms with Gasteiger partial charge >= 0.3 is 24.4 Å². The molecule has 6 aromatic rings. The average Bonchev–Trinajstić information content (AvgIpc) is 2.80. The molecule has 0 fully saturated rings. The van der Waals surface area contributed by atoms with Gasteiger partial charge in [0.1, 0.15) is 66.0 Å². The van der Waals surface area contributed by atoms with Crippen molar-refractivity contribution in [3.63, 3.8) is 0 Å². The monoisotopic (exact) mass is 1140 g/mol. The minimum atomic E-state index is -1.67. The number of carbonyl (C=O) groups excluding carboxylic acids is 4. The number of carbonyl (C=O) groups is 4. The number of hydrogen-bond donors (Lipinski definition) is 6. The van der Waals surface area contributed by atoms with Crippen LogP contribution in [0.2, 0.25) is 0 Å². The molecule has 20 heteroatoms. The summed E-state index contributed by atoms with van der Waals surface area (Å²) < 4.78 is 58.3. The van der Waals surface area contributed by atoms with E-state index in [1.54, 1.807) is 28.4 Å². The normalized spacial score (nSPS) is 11.3. The second-order valence-corrected chi connectivity index (χ2v) is 19.1. The van der Waals surface area contributed by atoms with Crippen molar-refractivity contribution in [2.24, 2.45) is 5.41 Å². The molecule has 0 unspecified atom stereocenters. The molecule has 83 heavy (non-hydrogen) atoms. The topological polar surface area (TPSA) is 249 Å². The highest BCUT2D eigenvalue weighted by Gasteiger charge is 2.41. The smallest absolute Gasteiger partial charge is 0.407 e. The highest BCUT2D eigenvalue weighted by molar-refractivity contribution is 5.69. The van der Waals surface area contributed by atoms with E-state index in [2.05, 4.69) is 21.3 Å². The number of benzene rings is 6. The Bertz CT molecular complexity index is 2570. The van der Waals surface area contributed by atoms with Crippen LogP contribution >= 0.6 is 0 Å². The minimum Gasteiger partial charge on any atom is -0.497 e. The molecule has 0 saturated carbocycles. The molecule has 0 atom stereocenters. The number of aliphatic hydroxyl groups excluding tert-OH is 2. The van der Waals surface area contributed by atoms with Crippen molar-refractivity contribution in [1.29, 1.82) is 0 Å². The maximum Gasteiger partial charge on any atom is 0.407 e. The lowest BCUT2D eigenvalue weighted by atomic mass is 9.80. The van der Waals surface area contributed by atoms with Gasteiger partial charge in [0, 0.05) is 39.4 Å². The van der Waals surface area contributed by atoms with E-state index in [1.807, 2.05) is 158 Å². The van der Waals surface area contributed by atoms with Crippen LogP contribution < -0.4 is 40.2 Å². The van der Waals surface area contributed by atoms with E-state index in [1.165, 1.54) is 0 Å². The molecule has 0 aliphatic carbocycles. The molecule has 0 radical (unpaired) electrons. The lowest BCUT2D eigenvalue weighted by molar-refractivity contribution is -0.0488. The second-order valence-electron chi connectivity index (χ2n) is 19.1.